The standard InChI is InChI=1S/C17H21NO2/c1-4-20-17-10-14(6-8-16(17)19)11-18-15-7-5-12(2)13(3)9-15/h5-10,18-19H,4,11H2,1-3H3. The van der Waals surface area contributed by atoms with Crippen LogP contribution in [0.3, 0.4) is 0 Å². The predicted octanol–water partition coefficient (Wildman–Crippen LogP) is 4.02. The van der Waals surface area contributed by atoms with Crippen molar-refractivity contribution in [3.05, 3.63) is 53.1 Å². The lowest BCUT2D eigenvalue weighted by atomic mass is 10.1. The average Bonchev–Trinajstić information content (AvgIpc) is 2.43. The second kappa shape index (κ2) is 6.33. The first kappa shape index (κ1) is 14.3. The molecule has 106 valence electrons. The van der Waals surface area contributed by atoms with Gasteiger partial charge >= 0.3 is 0 Å². The molecule has 0 saturated heterocycles. The van der Waals surface area contributed by atoms with Crippen molar-refractivity contribution in [2.45, 2.75) is 27.3 Å². The molecule has 0 aliphatic heterocycles. The first-order valence-corrected chi connectivity index (χ1v) is 6.86. The number of rotatable bonds is 5. The van der Waals surface area contributed by atoms with E-state index in [0.717, 1.165) is 11.3 Å². The van der Waals surface area contributed by atoms with Crippen molar-refractivity contribution in [1.82, 2.24) is 0 Å². The molecule has 0 aromatic heterocycles. The number of benzene rings is 2. The van der Waals surface area contributed by atoms with Crippen molar-refractivity contribution in [1.29, 1.82) is 0 Å². The Morgan fingerprint density at radius 2 is 1.85 bits per heavy atom. The maximum atomic E-state index is 9.67. The van der Waals surface area contributed by atoms with Gasteiger partial charge in [0.2, 0.25) is 0 Å². The number of nitrogens with one attached hydrogen (secondary N) is 1. The van der Waals surface area contributed by atoms with E-state index in [-0.39, 0.29) is 5.75 Å². The van der Waals surface area contributed by atoms with Gasteiger partial charge in [-0.15, -0.1) is 0 Å². The number of phenols is 1. The van der Waals surface area contributed by atoms with E-state index in [1.165, 1.54) is 11.1 Å². The number of aryl methyl sites for hydroxylation is 2. The van der Waals surface area contributed by atoms with Crippen LogP contribution < -0.4 is 10.1 Å². The molecule has 3 heteroatoms. The molecular formula is C17H21NO2. The van der Waals surface area contributed by atoms with Crippen LogP contribution in [0.1, 0.15) is 23.6 Å². The summed E-state index contributed by atoms with van der Waals surface area (Å²) in [4.78, 5) is 0. The molecule has 2 N–H and O–H groups in total. The maximum Gasteiger partial charge on any atom is 0.161 e. The molecule has 0 radical (unpaired) electrons. The van der Waals surface area contributed by atoms with Crippen LogP contribution in [0.5, 0.6) is 11.5 Å². The number of hydrogen-bond donors (Lipinski definition) is 2. The quantitative estimate of drug-likeness (QED) is 0.863. The average molecular weight is 271 g/mol. The van der Waals surface area contributed by atoms with Crippen molar-refractivity contribution in [2.75, 3.05) is 11.9 Å². The topological polar surface area (TPSA) is 41.5 Å². The highest BCUT2D eigenvalue weighted by Gasteiger charge is 2.03. The molecular weight excluding hydrogens is 250 g/mol. The van der Waals surface area contributed by atoms with Crippen LogP contribution in [0.15, 0.2) is 36.4 Å². The Kier molecular flexibility index (Phi) is 4.51. The molecule has 2 rings (SSSR count). The fourth-order valence-corrected chi connectivity index (χ4v) is 2.00. The number of anilines is 1. The zero-order valence-electron chi connectivity index (χ0n) is 12.2. The minimum Gasteiger partial charge on any atom is -0.504 e. The van der Waals surface area contributed by atoms with Gasteiger partial charge in [0.05, 0.1) is 6.61 Å². The monoisotopic (exact) mass is 271 g/mol. The second-order valence-electron chi connectivity index (χ2n) is 4.89. The molecule has 0 saturated carbocycles. The van der Waals surface area contributed by atoms with Gasteiger partial charge in [-0.05, 0) is 61.7 Å². The van der Waals surface area contributed by atoms with Gasteiger partial charge in [0, 0.05) is 12.2 Å². The fourth-order valence-electron chi connectivity index (χ4n) is 2.00. The zero-order chi connectivity index (χ0) is 14.5. The van der Waals surface area contributed by atoms with Crippen LogP contribution in [0.2, 0.25) is 0 Å². The van der Waals surface area contributed by atoms with E-state index in [2.05, 4.69) is 37.4 Å². The minimum absolute atomic E-state index is 0.182. The highest BCUT2D eigenvalue weighted by atomic mass is 16.5. The summed E-state index contributed by atoms with van der Waals surface area (Å²) in [7, 11) is 0. The van der Waals surface area contributed by atoms with Crippen LogP contribution >= 0.6 is 0 Å². The van der Waals surface area contributed by atoms with Gasteiger partial charge in [-0.3, -0.25) is 0 Å². The van der Waals surface area contributed by atoms with Gasteiger partial charge in [-0.25, -0.2) is 0 Å². The van der Waals surface area contributed by atoms with E-state index in [1.54, 1.807) is 6.07 Å². The van der Waals surface area contributed by atoms with Gasteiger partial charge in [-0.2, -0.15) is 0 Å². The molecule has 0 heterocycles. The van der Waals surface area contributed by atoms with E-state index in [0.29, 0.717) is 18.9 Å². The molecule has 0 spiro atoms. The summed E-state index contributed by atoms with van der Waals surface area (Å²) in [6.07, 6.45) is 0. The minimum atomic E-state index is 0.182. The highest BCUT2D eigenvalue weighted by Crippen LogP contribution is 2.27. The first-order chi connectivity index (χ1) is 9.60. The molecule has 20 heavy (non-hydrogen) atoms. The molecule has 0 unspecified atom stereocenters. The zero-order valence-corrected chi connectivity index (χ0v) is 12.2. The van der Waals surface area contributed by atoms with Crippen molar-refractivity contribution in [3.63, 3.8) is 0 Å². The van der Waals surface area contributed by atoms with Crippen molar-refractivity contribution < 1.29 is 9.84 Å². The van der Waals surface area contributed by atoms with E-state index in [9.17, 15) is 5.11 Å². The Bertz CT molecular complexity index is 594. The molecule has 0 amide bonds. The Morgan fingerprint density at radius 1 is 1.05 bits per heavy atom. The lowest BCUT2D eigenvalue weighted by molar-refractivity contribution is 0.318. The van der Waals surface area contributed by atoms with E-state index < -0.39 is 0 Å². The van der Waals surface area contributed by atoms with Crippen LogP contribution in [0.4, 0.5) is 5.69 Å². The molecule has 0 atom stereocenters. The molecule has 0 fully saturated rings. The number of hydrogen-bond acceptors (Lipinski definition) is 3. The van der Waals surface area contributed by atoms with Gasteiger partial charge in [-0.1, -0.05) is 12.1 Å². The van der Waals surface area contributed by atoms with Crippen molar-refractivity contribution in [2.24, 2.45) is 0 Å². The molecule has 2 aromatic rings. The normalized spacial score (nSPS) is 10.3. The van der Waals surface area contributed by atoms with Gasteiger partial charge in [0.15, 0.2) is 11.5 Å². The SMILES string of the molecule is CCOc1cc(CNc2ccc(C)c(C)c2)ccc1O. The highest BCUT2D eigenvalue weighted by molar-refractivity contribution is 5.49. The molecule has 0 bridgehead atoms. The molecule has 2 aromatic carbocycles. The van der Waals surface area contributed by atoms with Crippen molar-refractivity contribution >= 4 is 5.69 Å². The smallest absolute Gasteiger partial charge is 0.161 e. The fraction of sp³-hybridized carbons (Fsp3) is 0.294. The summed E-state index contributed by atoms with van der Waals surface area (Å²) in [5.41, 5.74) is 4.73. The van der Waals surface area contributed by atoms with Crippen LogP contribution in [-0.2, 0) is 6.54 Å². The predicted molar refractivity (Wildman–Crippen MR) is 82.5 cm³/mol. The molecule has 0 aliphatic rings. The number of ether oxygens (including phenoxy) is 1. The molecule has 3 nitrogen and oxygen atoms in total. The lowest BCUT2D eigenvalue weighted by Gasteiger charge is -2.11. The van der Waals surface area contributed by atoms with Crippen LogP contribution in [-0.4, -0.2) is 11.7 Å². The number of phenolic OH excluding ortho intramolecular Hbond substituents is 1. The Balaban J connectivity index is 2.06. The van der Waals surface area contributed by atoms with E-state index >= 15 is 0 Å². The maximum absolute atomic E-state index is 9.67. The summed E-state index contributed by atoms with van der Waals surface area (Å²) in [6.45, 7) is 7.35. The summed E-state index contributed by atoms with van der Waals surface area (Å²) in [5, 5.41) is 13.1. The second-order valence-corrected chi connectivity index (χ2v) is 4.89. The van der Waals surface area contributed by atoms with E-state index in [1.807, 2.05) is 19.1 Å². The Morgan fingerprint density at radius 3 is 2.55 bits per heavy atom. The largest absolute Gasteiger partial charge is 0.504 e. The van der Waals surface area contributed by atoms with Gasteiger partial charge in [0.1, 0.15) is 0 Å². The third-order valence-corrected chi connectivity index (χ3v) is 3.33. The van der Waals surface area contributed by atoms with Gasteiger partial charge in [0.25, 0.3) is 0 Å². The Labute approximate surface area is 120 Å². The summed E-state index contributed by atoms with van der Waals surface area (Å²) in [5.74, 6) is 0.716. The Hall–Kier alpha value is -2.16. The molecule has 0 aliphatic carbocycles. The third kappa shape index (κ3) is 3.44. The summed E-state index contributed by atoms with van der Waals surface area (Å²) >= 11 is 0. The third-order valence-electron chi connectivity index (χ3n) is 3.33. The lowest BCUT2D eigenvalue weighted by Crippen LogP contribution is -2.01. The van der Waals surface area contributed by atoms with Crippen molar-refractivity contribution in [3.8, 4) is 11.5 Å². The first-order valence-electron chi connectivity index (χ1n) is 6.86. The summed E-state index contributed by atoms with van der Waals surface area (Å²) < 4.78 is 5.39. The number of aromatic hydroxyl groups is 1. The van der Waals surface area contributed by atoms with Crippen LogP contribution in [0, 0.1) is 13.8 Å². The van der Waals surface area contributed by atoms with Gasteiger partial charge < -0.3 is 15.2 Å². The van der Waals surface area contributed by atoms with Crippen LogP contribution in [0.25, 0.3) is 0 Å². The van der Waals surface area contributed by atoms with E-state index in [4.69, 9.17) is 4.74 Å². The summed E-state index contributed by atoms with van der Waals surface area (Å²) in [6, 6.07) is 11.8.